The first-order valence-electron chi connectivity index (χ1n) is 13.7. The van der Waals surface area contributed by atoms with E-state index in [-0.39, 0.29) is 48.9 Å². The van der Waals surface area contributed by atoms with Gasteiger partial charge in [0.25, 0.3) is 5.91 Å². The first-order valence-corrected chi connectivity index (χ1v) is 13.7. The number of rotatable bonds is 5. The molecule has 1 fully saturated rings. The van der Waals surface area contributed by atoms with E-state index < -0.39 is 0 Å². The fourth-order valence-corrected chi connectivity index (χ4v) is 5.00. The number of hydrogen-bond donors (Lipinski definition) is 1. The molecule has 2 aromatic rings. The highest BCUT2D eigenvalue weighted by Gasteiger charge is 2.34. The maximum absolute atomic E-state index is 13.5. The first kappa shape index (κ1) is 28.4. The van der Waals surface area contributed by atoms with E-state index in [0.717, 1.165) is 5.56 Å². The molecule has 39 heavy (non-hydrogen) atoms. The van der Waals surface area contributed by atoms with E-state index in [1.807, 2.05) is 49.9 Å². The van der Waals surface area contributed by atoms with Crippen LogP contribution >= 0.6 is 0 Å². The highest BCUT2D eigenvalue weighted by molar-refractivity contribution is 5.97. The first-order chi connectivity index (χ1) is 18.8. The molecule has 0 spiro atoms. The van der Waals surface area contributed by atoms with Crippen LogP contribution in [0.15, 0.2) is 42.5 Å². The molecular formula is C30H39N3O6. The van der Waals surface area contributed by atoms with Crippen LogP contribution < -0.4 is 14.8 Å². The van der Waals surface area contributed by atoms with Gasteiger partial charge in [0.05, 0.1) is 32.4 Å². The Morgan fingerprint density at radius 2 is 2.00 bits per heavy atom. The number of carbonyl (C=O) groups is 3. The van der Waals surface area contributed by atoms with Gasteiger partial charge in [0.15, 0.2) is 11.5 Å². The van der Waals surface area contributed by atoms with Gasteiger partial charge >= 0.3 is 0 Å². The molecule has 4 rings (SSSR count). The lowest BCUT2D eigenvalue weighted by molar-refractivity contribution is -0.138. The zero-order valence-corrected chi connectivity index (χ0v) is 23.3. The maximum Gasteiger partial charge on any atom is 0.254 e. The number of hydrogen-bond acceptors (Lipinski definition) is 6. The standard InChI is InChI=1S/C30H39N3O6/c1-5-12-33-18-28(34)31-24-11-13-32(29(35)14-20(2)3)17-27(24)38-19-21-7-6-8-23(15-21)39-26-16-22(30(33)36)9-10-25(26)37-4/h6-10,15-16,20,24,27H,5,11-14,17-19H2,1-4H3,(H,31,34)/t24-,27-/m0/s1. The van der Waals surface area contributed by atoms with Gasteiger partial charge in [-0.25, -0.2) is 0 Å². The molecule has 2 aromatic carbocycles. The van der Waals surface area contributed by atoms with Crippen LogP contribution in [0.5, 0.6) is 17.2 Å². The number of nitrogens with one attached hydrogen (secondary N) is 1. The molecule has 2 aliphatic rings. The Morgan fingerprint density at radius 1 is 1.18 bits per heavy atom. The van der Waals surface area contributed by atoms with Crippen LogP contribution in [0, 0.1) is 5.92 Å². The summed E-state index contributed by atoms with van der Waals surface area (Å²) in [4.78, 5) is 42.9. The Labute approximate surface area is 230 Å². The molecular weight excluding hydrogens is 498 g/mol. The number of fused-ring (bicyclic) bond motifs is 5. The molecule has 0 aliphatic carbocycles. The summed E-state index contributed by atoms with van der Waals surface area (Å²) in [6.07, 6.45) is 1.36. The van der Waals surface area contributed by atoms with E-state index in [1.54, 1.807) is 30.2 Å². The summed E-state index contributed by atoms with van der Waals surface area (Å²) in [5, 5.41) is 3.10. The van der Waals surface area contributed by atoms with Gasteiger partial charge in [-0.15, -0.1) is 0 Å². The van der Waals surface area contributed by atoms with Gasteiger partial charge in [-0.3, -0.25) is 14.4 Å². The molecule has 0 unspecified atom stereocenters. The van der Waals surface area contributed by atoms with Crippen molar-refractivity contribution in [3.8, 4) is 17.2 Å². The van der Waals surface area contributed by atoms with Gasteiger partial charge in [0, 0.05) is 31.6 Å². The Bertz CT molecular complexity index is 1180. The third-order valence-electron chi connectivity index (χ3n) is 6.96. The predicted molar refractivity (Wildman–Crippen MR) is 147 cm³/mol. The molecule has 1 saturated heterocycles. The third kappa shape index (κ3) is 7.29. The van der Waals surface area contributed by atoms with Crippen LogP contribution in [0.1, 0.15) is 56.0 Å². The molecule has 9 nitrogen and oxygen atoms in total. The van der Waals surface area contributed by atoms with E-state index >= 15 is 0 Å². The lowest BCUT2D eigenvalue weighted by Gasteiger charge is -2.39. The highest BCUT2D eigenvalue weighted by atomic mass is 16.5. The fraction of sp³-hybridized carbons (Fsp3) is 0.500. The quantitative estimate of drug-likeness (QED) is 0.619. The molecule has 210 valence electrons. The van der Waals surface area contributed by atoms with Crippen molar-refractivity contribution in [3.63, 3.8) is 0 Å². The molecule has 0 aromatic heterocycles. The lowest BCUT2D eigenvalue weighted by Crippen LogP contribution is -2.57. The van der Waals surface area contributed by atoms with E-state index in [1.165, 1.54) is 0 Å². The van der Waals surface area contributed by atoms with E-state index in [4.69, 9.17) is 14.2 Å². The minimum absolute atomic E-state index is 0.0762. The maximum atomic E-state index is 13.5. The molecule has 0 saturated carbocycles. The average molecular weight is 538 g/mol. The molecule has 9 heteroatoms. The summed E-state index contributed by atoms with van der Waals surface area (Å²) in [6.45, 7) is 7.60. The molecule has 2 aliphatic heterocycles. The van der Waals surface area contributed by atoms with Gasteiger partial charge in [0.1, 0.15) is 5.75 Å². The van der Waals surface area contributed by atoms with Gasteiger partial charge < -0.3 is 29.3 Å². The SMILES string of the molecule is CCCN1CC(=O)N[C@H]2CCN(C(=O)CC(C)C)C[C@@H]2OCc2cccc(c2)Oc2cc(ccc2OC)C1=O. The minimum atomic E-state index is -0.389. The smallest absolute Gasteiger partial charge is 0.254 e. The Morgan fingerprint density at radius 3 is 2.74 bits per heavy atom. The van der Waals surface area contributed by atoms with Gasteiger partial charge in [-0.1, -0.05) is 32.9 Å². The summed E-state index contributed by atoms with van der Waals surface area (Å²) in [5.41, 5.74) is 1.30. The summed E-state index contributed by atoms with van der Waals surface area (Å²) < 4.78 is 18.0. The summed E-state index contributed by atoms with van der Waals surface area (Å²) in [7, 11) is 1.55. The normalized spacial score (nSPS) is 20.2. The van der Waals surface area contributed by atoms with E-state index in [0.29, 0.717) is 61.7 Å². The van der Waals surface area contributed by atoms with Crippen molar-refractivity contribution in [1.82, 2.24) is 15.1 Å². The van der Waals surface area contributed by atoms with Crippen LogP contribution in [0.4, 0.5) is 0 Å². The van der Waals surface area contributed by atoms with Crippen molar-refractivity contribution in [2.75, 3.05) is 33.3 Å². The van der Waals surface area contributed by atoms with Gasteiger partial charge in [-0.2, -0.15) is 0 Å². The lowest BCUT2D eigenvalue weighted by atomic mass is 10.00. The number of benzene rings is 2. The third-order valence-corrected chi connectivity index (χ3v) is 6.96. The molecule has 2 heterocycles. The molecule has 3 amide bonds. The number of carbonyl (C=O) groups excluding carboxylic acids is 3. The minimum Gasteiger partial charge on any atom is -0.493 e. The zero-order chi connectivity index (χ0) is 27.9. The van der Waals surface area contributed by atoms with E-state index in [9.17, 15) is 14.4 Å². The molecule has 2 atom stereocenters. The van der Waals surface area contributed by atoms with Crippen LogP contribution in [-0.4, -0.2) is 73.0 Å². The largest absolute Gasteiger partial charge is 0.493 e. The summed E-state index contributed by atoms with van der Waals surface area (Å²) in [5.74, 6) is 1.32. The topological polar surface area (TPSA) is 97.4 Å². The molecule has 4 bridgehead atoms. The Hall–Kier alpha value is -3.59. The van der Waals surface area contributed by atoms with Crippen molar-refractivity contribution in [3.05, 3.63) is 53.6 Å². The van der Waals surface area contributed by atoms with Crippen LogP contribution in [0.2, 0.25) is 0 Å². The van der Waals surface area contributed by atoms with E-state index in [2.05, 4.69) is 5.32 Å². The summed E-state index contributed by atoms with van der Waals surface area (Å²) in [6, 6.07) is 12.3. The van der Waals surface area contributed by atoms with Crippen molar-refractivity contribution in [2.45, 2.75) is 58.8 Å². The second kappa shape index (κ2) is 13.0. The number of ether oxygens (including phenoxy) is 3. The zero-order valence-electron chi connectivity index (χ0n) is 23.3. The van der Waals surface area contributed by atoms with Gasteiger partial charge in [-0.05, 0) is 54.7 Å². The van der Waals surface area contributed by atoms with Crippen molar-refractivity contribution in [1.29, 1.82) is 0 Å². The summed E-state index contributed by atoms with van der Waals surface area (Å²) >= 11 is 0. The average Bonchev–Trinajstić information content (AvgIpc) is 2.91. The van der Waals surface area contributed by atoms with Gasteiger partial charge in [0.2, 0.25) is 11.8 Å². The number of piperidine rings is 1. The molecule has 1 N–H and O–H groups in total. The second-order valence-electron chi connectivity index (χ2n) is 10.6. The van der Waals surface area contributed by atoms with Crippen molar-refractivity contribution >= 4 is 17.7 Å². The Kier molecular flexibility index (Phi) is 9.45. The highest BCUT2D eigenvalue weighted by Crippen LogP contribution is 2.33. The monoisotopic (exact) mass is 537 g/mol. The van der Waals surface area contributed by atoms with Crippen LogP contribution in [-0.2, 0) is 20.9 Å². The fourth-order valence-electron chi connectivity index (χ4n) is 5.00. The number of nitrogens with zero attached hydrogens (tertiary/aromatic N) is 2. The Balaban J connectivity index is 1.66. The molecule has 0 radical (unpaired) electrons. The number of methoxy groups -OCH3 is 1. The van der Waals surface area contributed by atoms with Crippen LogP contribution in [0.3, 0.4) is 0 Å². The predicted octanol–water partition coefficient (Wildman–Crippen LogP) is 4.00. The van der Waals surface area contributed by atoms with Crippen LogP contribution in [0.25, 0.3) is 0 Å². The van der Waals surface area contributed by atoms with Crippen molar-refractivity contribution in [2.24, 2.45) is 5.92 Å². The second-order valence-corrected chi connectivity index (χ2v) is 10.6. The number of amides is 3. The number of likely N-dealkylation sites (tertiary alicyclic amines) is 1. The van der Waals surface area contributed by atoms with Crippen molar-refractivity contribution < 1.29 is 28.6 Å².